The minimum atomic E-state index is -5.46. The van der Waals surface area contributed by atoms with E-state index in [1.165, 1.54) is 26.0 Å². The zero-order valence-corrected chi connectivity index (χ0v) is 10.0. The Morgan fingerprint density at radius 2 is 1.42 bits per heavy atom. The first-order chi connectivity index (χ1) is 8.52. The van der Waals surface area contributed by atoms with Crippen LogP contribution in [0.4, 0.5) is 26.3 Å². The Labute approximate surface area is 105 Å². The minimum absolute atomic E-state index is 0.0762. The fraction of sp³-hybridized carbons (Fsp3) is 0.500. The van der Waals surface area contributed by atoms with E-state index in [4.69, 9.17) is 4.74 Å². The molecule has 2 rings (SSSR count). The molecule has 1 heterocycles. The lowest BCUT2D eigenvalue weighted by atomic mass is 9.78. The third-order valence-corrected chi connectivity index (χ3v) is 3.39. The normalized spacial score (nSPS) is 18.1. The van der Waals surface area contributed by atoms with Gasteiger partial charge in [-0.2, -0.15) is 26.3 Å². The van der Waals surface area contributed by atoms with Gasteiger partial charge in [0.25, 0.3) is 0 Å². The smallest absolute Gasteiger partial charge is 0.410 e. The summed E-state index contributed by atoms with van der Waals surface area (Å²) < 4.78 is 83.4. The van der Waals surface area contributed by atoms with Crippen LogP contribution < -0.4 is 4.74 Å². The van der Waals surface area contributed by atoms with Crippen molar-refractivity contribution in [2.24, 2.45) is 0 Å². The maximum atomic E-state index is 13.1. The summed E-state index contributed by atoms with van der Waals surface area (Å²) in [5.74, 6) is -0.311. The van der Waals surface area contributed by atoms with Crippen LogP contribution in [-0.4, -0.2) is 19.0 Å². The van der Waals surface area contributed by atoms with Crippen LogP contribution in [0.2, 0.25) is 0 Å². The van der Waals surface area contributed by atoms with E-state index >= 15 is 0 Å². The van der Waals surface area contributed by atoms with Gasteiger partial charge < -0.3 is 4.74 Å². The summed E-state index contributed by atoms with van der Waals surface area (Å²) in [5.41, 5.74) is -4.57. The van der Waals surface area contributed by atoms with Gasteiger partial charge in [0.15, 0.2) is 0 Å². The highest BCUT2D eigenvalue weighted by molar-refractivity contribution is 5.54. The first-order valence-electron chi connectivity index (χ1n) is 5.39. The lowest BCUT2D eigenvalue weighted by Crippen LogP contribution is -2.55. The Morgan fingerprint density at radius 1 is 0.947 bits per heavy atom. The molecule has 0 fully saturated rings. The summed E-state index contributed by atoms with van der Waals surface area (Å²) in [5, 5.41) is 0. The fourth-order valence-electron chi connectivity index (χ4n) is 2.36. The number of halogens is 6. The number of fused-ring (bicyclic) bond motifs is 1. The van der Waals surface area contributed by atoms with Crippen molar-refractivity contribution in [1.29, 1.82) is 0 Å². The van der Waals surface area contributed by atoms with Crippen LogP contribution in [-0.2, 0) is 5.41 Å². The maximum Gasteiger partial charge on any atom is 0.410 e. The molecule has 19 heavy (non-hydrogen) atoms. The number of ether oxygens (including phenoxy) is 1. The van der Waals surface area contributed by atoms with Gasteiger partial charge in [0.05, 0.1) is 0 Å². The second-order valence-corrected chi connectivity index (χ2v) is 4.59. The van der Waals surface area contributed by atoms with E-state index in [9.17, 15) is 26.3 Å². The topological polar surface area (TPSA) is 9.23 Å². The Kier molecular flexibility index (Phi) is 2.80. The van der Waals surface area contributed by atoms with Gasteiger partial charge in [0.2, 0.25) is 5.41 Å². The van der Waals surface area contributed by atoms with Crippen molar-refractivity contribution in [3.63, 3.8) is 0 Å². The molecule has 1 nitrogen and oxygen atoms in total. The molecule has 1 aliphatic heterocycles. The zero-order chi connectivity index (χ0) is 14.6. The maximum absolute atomic E-state index is 13.1. The highest BCUT2D eigenvalue weighted by atomic mass is 19.4. The molecule has 0 N–H and O–H groups in total. The van der Waals surface area contributed by atoms with Crippen LogP contribution in [0.25, 0.3) is 0 Å². The number of benzene rings is 1. The van der Waals surface area contributed by atoms with Crippen molar-refractivity contribution in [2.75, 3.05) is 6.61 Å². The van der Waals surface area contributed by atoms with E-state index in [2.05, 4.69) is 0 Å². The SMILES string of the molecule is Cc1ccc(C)c2c1OCC2(C(F)(F)F)C(F)(F)F. The van der Waals surface area contributed by atoms with Gasteiger partial charge in [0.1, 0.15) is 12.4 Å². The van der Waals surface area contributed by atoms with E-state index in [-0.39, 0.29) is 16.9 Å². The molecular weight excluding hydrogens is 274 g/mol. The first kappa shape index (κ1) is 14.0. The molecule has 0 amide bonds. The third-order valence-electron chi connectivity index (χ3n) is 3.39. The summed E-state index contributed by atoms with van der Waals surface area (Å²) in [6.07, 6.45) is -10.9. The fourth-order valence-corrected chi connectivity index (χ4v) is 2.36. The molecule has 0 aromatic heterocycles. The second kappa shape index (κ2) is 3.80. The first-order valence-corrected chi connectivity index (χ1v) is 5.39. The molecule has 0 bridgehead atoms. The standard InChI is InChI=1S/C12H10F6O/c1-6-3-4-7(2)9-8(6)10(5-19-9,11(13,14)15)12(16,17)18/h3-4H,5H2,1-2H3. The molecule has 0 aliphatic carbocycles. The van der Waals surface area contributed by atoms with Crippen LogP contribution in [0, 0.1) is 13.8 Å². The highest BCUT2D eigenvalue weighted by Gasteiger charge is 2.75. The van der Waals surface area contributed by atoms with Crippen molar-refractivity contribution >= 4 is 0 Å². The van der Waals surface area contributed by atoms with Crippen LogP contribution in [0.5, 0.6) is 5.75 Å². The van der Waals surface area contributed by atoms with Crippen LogP contribution in [0.1, 0.15) is 16.7 Å². The van der Waals surface area contributed by atoms with E-state index in [0.717, 1.165) is 0 Å². The number of rotatable bonds is 0. The van der Waals surface area contributed by atoms with Gasteiger partial charge >= 0.3 is 12.4 Å². The van der Waals surface area contributed by atoms with E-state index in [1.54, 1.807) is 0 Å². The van der Waals surface area contributed by atoms with Crippen molar-refractivity contribution < 1.29 is 31.1 Å². The number of aryl methyl sites for hydroxylation is 2. The van der Waals surface area contributed by atoms with Gasteiger partial charge in [-0.15, -0.1) is 0 Å². The summed E-state index contributed by atoms with van der Waals surface area (Å²) in [7, 11) is 0. The average molecular weight is 284 g/mol. The molecule has 7 heteroatoms. The van der Waals surface area contributed by atoms with Crippen LogP contribution in [0.3, 0.4) is 0 Å². The molecule has 0 unspecified atom stereocenters. The Bertz CT molecular complexity index is 500. The predicted octanol–water partition coefficient (Wildman–Crippen LogP) is 4.06. The Balaban J connectivity index is 2.82. The molecule has 1 aliphatic rings. The molecule has 0 radical (unpaired) electrons. The predicted molar refractivity (Wildman–Crippen MR) is 55.2 cm³/mol. The number of hydrogen-bond donors (Lipinski definition) is 0. The third kappa shape index (κ3) is 1.70. The van der Waals surface area contributed by atoms with Crippen molar-refractivity contribution in [2.45, 2.75) is 31.6 Å². The molecule has 106 valence electrons. The van der Waals surface area contributed by atoms with E-state index in [1.807, 2.05) is 0 Å². The summed E-state index contributed by atoms with van der Waals surface area (Å²) in [6, 6.07) is 2.69. The average Bonchev–Trinajstić information content (AvgIpc) is 2.64. The monoisotopic (exact) mass is 284 g/mol. The molecule has 1 aromatic carbocycles. The van der Waals surface area contributed by atoms with Crippen LogP contribution in [0.15, 0.2) is 12.1 Å². The van der Waals surface area contributed by atoms with Gasteiger partial charge in [-0.05, 0) is 25.0 Å². The summed E-state index contributed by atoms with van der Waals surface area (Å²) in [4.78, 5) is 0. The zero-order valence-electron chi connectivity index (χ0n) is 10.0. The summed E-state index contributed by atoms with van der Waals surface area (Å²) >= 11 is 0. The molecule has 1 aromatic rings. The van der Waals surface area contributed by atoms with Crippen molar-refractivity contribution in [3.8, 4) is 5.75 Å². The van der Waals surface area contributed by atoms with E-state index in [0.29, 0.717) is 0 Å². The van der Waals surface area contributed by atoms with Crippen LogP contribution >= 0.6 is 0 Å². The number of hydrogen-bond acceptors (Lipinski definition) is 1. The molecular formula is C12H10F6O. The Morgan fingerprint density at radius 3 is 1.89 bits per heavy atom. The van der Waals surface area contributed by atoms with Gasteiger partial charge in [-0.25, -0.2) is 0 Å². The van der Waals surface area contributed by atoms with Crippen molar-refractivity contribution in [1.82, 2.24) is 0 Å². The molecule has 0 saturated carbocycles. The lowest BCUT2D eigenvalue weighted by molar-refractivity contribution is -0.303. The van der Waals surface area contributed by atoms with E-state index < -0.39 is 29.9 Å². The number of alkyl halides is 6. The lowest BCUT2D eigenvalue weighted by Gasteiger charge is -2.33. The van der Waals surface area contributed by atoms with Crippen molar-refractivity contribution in [3.05, 3.63) is 28.8 Å². The minimum Gasteiger partial charge on any atom is -0.491 e. The van der Waals surface area contributed by atoms with Gasteiger partial charge in [-0.1, -0.05) is 12.1 Å². The molecule has 0 atom stereocenters. The van der Waals surface area contributed by atoms with Gasteiger partial charge in [-0.3, -0.25) is 0 Å². The largest absolute Gasteiger partial charge is 0.491 e. The Hall–Kier alpha value is -1.40. The quantitative estimate of drug-likeness (QED) is 0.653. The van der Waals surface area contributed by atoms with Gasteiger partial charge in [0, 0.05) is 5.56 Å². The summed E-state index contributed by atoms with van der Waals surface area (Å²) in [6.45, 7) is 1.18. The molecule has 0 spiro atoms. The molecule has 0 saturated heterocycles. The highest BCUT2D eigenvalue weighted by Crippen LogP contribution is 2.58. The second-order valence-electron chi connectivity index (χ2n) is 4.59.